The molecule has 2 unspecified atom stereocenters. The van der Waals surface area contributed by atoms with Crippen LogP contribution in [0, 0.1) is 5.92 Å². The molecule has 0 radical (unpaired) electrons. The van der Waals surface area contributed by atoms with Crippen LogP contribution in [0.4, 0.5) is 0 Å². The van der Waals surface area contributed by atoms with Gasteiger partial charge in [0.2, 0.25) is 0 Å². The van der Waals surface area contributed by atoms with Gasteiger partial charge in [-0.2, -0.15) is 0 Å². The SMILES string of the molecule is COCC(C)NC(c1ccccc1)C1CCCCC1. The second-order valence-corrected chi connectivity index (χ2v) is 5.81. The van der Waals surface area contributed by atoms with Gasteiger partial charge < -0.3 is 10.1 Å². The van der Waals surface area contributed by atoms with Crippen LogP contribution in [0.2, 0.25) is 0 Å². The first-order valence-corrected chi connectivity index (χ1v) is 7.61. The van der Waals surface area contributed by atoms with Gasteiger partial charge in [-0.25, -0.2) is 0 Å². The Bertz CT molecular complexity index is 346. The van der Waals surface area contributed by atoms with Gasteiger partial charge in [0.25, 0.3) is 0 Å². The normalized spacial score (nSPS) is 20.1. The third kappa shape index (κ3) is 4.32. The van der Waals surface area contributed by atoms with Crippen LogP contribution in [0.15, 0.2) is 30.3 Å². The summed E-state index contributed by atoms with van der Waals surface area (Å²) in [4.78, 5) is 0. The van der Waals surface area contributed by atoms with Crippen LogP contribution in [-0.4, -0.2) is 19.8 Å². The zero-order valence-corrected chi connectivity index (χ0v) is 12.3. The van der Waals surface area contributed by atoms with Gasteiger partial charge in [0, 0.05) is 19.2 Å². The second-order valence-electron chi connectivity index (χ2n) is 5.81. The molecule has 1 saturated carbocycles. The van der Waals surface area contributed by atoms with Gasteiger partial charge in [0.05, 0.1) is 6.61 Å². The van der Waals surface area contributed by atoms with Crippen molar-refractivity contribution in [3.63, 3.8) is 0 Å². The lowest BCUT2D eigenvalue weighted by Gasteiger charge is -2.33. The fourth-order valence-electron chi connectivity index (χ4n) is 3.24. The lowest BCUT2D eigenvalue weighted by Crippen LogP contribution is -2.38. The van der Waals surface area contributed by atoms with Crippen molar-refractivity contribution < 1.29 is 4.74 Å². The topological polar surface area (TPSA) is 21.3 Å². The Balaban J connectivity index is 2.08. The molecule has 0 spiro atoms. The molecule has 0 aromatic heterocycles. The maximum atomic E-state index is 5.27. The van der Waals surface area contributed by atoms with E-state index in [9.17, 15) is 0 Å². The van der Waals surface area contributed by atoms with Gasteiger partial charge in [-0.05, 0) is 31.2 Å². The average molecular weight is 261 g/mol. The zero-order valence-electron chi connectivity index (χ0n) is 12.3. The number of hydrogen-bond donors (Lipinski definition) is 1. The van der Waals surface area contributed by atoms with Crippen molar-refractivity contribution in [1.29, 1.82) is 0 Å². The fourth-order valence-corrected chi connectivity index (χ4v) is 3.24. The molecular formula is C17H27NO. The predicted molar refractivity (Wildman–Crippen MR) is 80.2 cm³/mol. The van der Waals surface area contributed by atoms with Gasteiger partial charge in [0.15, 0.2) is 0 Å². The summed E-state index contributed by atoms with van der Waals surface area (Å²) in [5, 5.41) is 3.78. The highest BCUT2D eigenvalue weighted by Crippen LogP contribution is 2.34. The third-order valence-corrected chi connectivity index (χ3v) is 4.16. The van der Waals surface area contributed by atoms with Crippen molar-refractivity contribution >= 4 is 0 Å². The van der Waals surface area contributed by atoms with E-state index in [2.05, 4.69) is 42.6 Å². The van der Waals surface area contributed by atoms with Gasteiger partial charge in [0.1, 0.15) is 0 Å². The number of methoxy groups -OCH3 is 1. The van der Waals surface area contributed by atoms with E-state index in [1.54, 1.807) is 7.11 Å². The van der Waals surface area contributed by atoms with E-state index in [0.717, 1.165) is 12.5 Å². The highest BCUT2D eigenvalue weighted by atomic mass is 16.5. The van der Waals surface area contributed by atoms with E-state index in [0.29, 0.717) is 12.1 Å². The molecule has 106 valence electrons. The van der Waals surface area contributed by atoms with Crippen molar-refractivity contribution in [1.82, 2.24) is 5.32 Å². The van der Waals surface area contributed by atoms with Gasteiger partial charge in [-0.15, -0.1) is 0 Å². The molecule has 1 aromatic carbocycles. The molecule has 1 N–H and O–H groups in total. The number of nitrogens with one attached hydrogen (secondary N) is 1. The van der Waals surface area contributed by atoms with Crippen molar-refractivity contribution in [2.75, 3.05) is 13.7 Å². The molecule has 1 fully saturated rings. The Kier molecular flexibility index (Phi) is 5.87. The smallest absolute Gasteiger partial charge is 0.0613 e. The molecule has 1 aliphatic rings. The van der Waals surface area contributed by atoms with E-state index in [1.165, 1.54) is 37.7 Å². The van der Waals surface area contributed by atoms with Gasteiger partial charge in [-0.3, -0.25) is 0 Å². The first kappa shape index (κ1) is 14.5. The van der Waals surface area contributed by atoms with Gasteiger partial charge >= 0.3 is 0 Å². The van der Waals surface area contributed by atoms with Crippen LogP contribution in [0.1, 0.15) is 50.6 Å². The number of hydrogen-bond acceptors (Lipinski definition) is 2. The Labute approximate surface area is 117 Å². The molecule has 1 aliphatic carbocycles. The largest absolute Gasteiger partial charge is 0.383 e. The first-order chi connectivity index (χ1) is 9.31. The highest BCUT2D eigenvalue weighted by molar-refractivity contribution is 5.20. The van der Waals surface area contributed by atoms with E-state index >= 15 is 0 Å². The summed E-state index contributed by atoms with van der Waals surface area (Å²) in [6, 6.07) is 11.8. The minimum atomic E-state index is 0.400. The maximum Gasteiger partial charge on any atom is 0.0613 e. The van der Waals surface area contributed by atoms with Crippen LogP contribution in [0.5, 0.6) is 0 Å². The molecule has 2 heteroatoms. The van der Waals surface area contributed by atoms with Crippen LogP contribution >= 0.6 is 0 Å². The Morgan fingerprint density at radius 2 is 1.84 bits per heavy atom. The third-order valence-electron chi connectivity index (χ3n) is 4.16. The molecule has 0 heterocycles. The van der Waals surface area contributed by atoms with Crippen LogP contribution in [0.3, 0.4) is 0 Å². The van der Waals surface area contributed by atoms with Gasteiger partial charge in [-0.1, -0.05) is 49.6 Å². The van der Waals surface area contributed by atoms with E-state index < -0.39 is 0 Å². The molecule has 2 atom stereocenters. The second kappa shape index (κ2) is 7.66. The summed E-state index contributed by atoms with van der Waals surface area (Å²) in [6.07, 6.45) is 6.88. The number of rotatable bonds is 6. The monoisotopic (exact) mass is 261 g/mol. The van der Waals surface area contributed by atoms with E-state index in [-0.39, 0.29) is 0 Å². The molecule has 2 rings (SSSR count). The summed E-state index contributed by atoms with van der Waals surface area (Å²) < 4.78 is 5.27. The molecule has 19 heavy (non-hydrogen) atoms. The maximum absolute atomic E-state index is 5.27. The van der Waals surface area contributed by atoms with E-state index in [1.807, 2.05) is 0 Å². The standard InChI is InChI=1S/C17H27NO/c1-14(13-19-2)18-17(15-9-5-3-6-10-15)16-11-7-4-8-12-16/h3,5-6,9-10,14,16-18H,4,7-8,11-13H2,1-2H3. The average Bonchev–Trinajstić information content (AvgIpc) is 2.47. The van der Waals surface area contributed by atoms with Crippen LogP contribution in [-0.2, 0) is 4.74 Å². The Hall–Kier alpha value is -0.860. The first-order valence-electron chi connectivity index (χ1n) is 7.61. The molecule has 2 nitrogen and oxygen atoms in total. The zero-order chi connectivity index (χ0) is 13.5. The number of ether oxygens (including phenoxy) is 1. The highest BCUT2D eigenvalue weighted by Gasteiger charge is 2.25. The predicted octanol–water partition coefficient (Wildman–Crippen LogP) is 3.93. The molecule has 0 saturated heterocycles. The Morgan fingerprint density at radius 1 is 1.16 bits per heavy atom. The van der Waals surface area contributed by atoms with E-state index in [4.69, 9.17) is 4.74 Å². The lowest BCUT2D eigenvalue weighted by molar-refractivity contribution is 0.154. The molecule has 0 aliphatic heterocycles. The summed E-state index contributed by atoms with van der Waals surface area (Å²) in [5.74, 6) is 0.774. The number of benzene rings is 1. The lowest BCUT2D eigenvalue weighted by atomic mass is 9.81. The quantitative estimate of drug-likeness (QED) is 0.837. The summed E-state index contributed by atoms with van der Waals surface area (Å²) in [7, 11) is 1.77. The van der Waals surface area contributed by atoms with Crippen molar-refractivity contribution in [3.8, 4) is 0 Å². The minimum Gasteiger partial charge on any atom is -0.383 e. The van der Waals surface area contributed by atoms with Crippen molar-refractivity contribution in [3.05, 3.63) is 35.9 Å². The molecule has 1 aromatic rings. The molecule has 0 bridgehead atoms. The molecule has 0 amide bonds. The summed E-state index contributed by atoms with van der Waals surface area (Å²) in [6.45, 7) is 2.98. The van der Waals surface area contributed by atoms with Crippen molar-refractivity contribution in [2.45, 2.75) is 51.1 Å². The van der Waals surface area contributed by atoms with Crippen molar-refractivity contribution in [2.24, 2.45) is 5.92 Å². The summed E-state index contributed by atoms with van der Waals surface area (Å²) in [5.41, 5.74) is 1.43. The molecular weight excluding hydrogens is 234 g/mol. The fraction of sp³-hybridized carbons (Fsp3) is 0.647. The minimum absolute atomic E-state index is 0.400. The van der Waals surface area contributed by atoms with Crippen LogP contribution in [0.25, 0.3) is 0 Å². The Morgan fingerprint density at radius 3 is 2.47 bits per heavy atom. The summed E-state index contributed by atoms with van der Waals surface area (Å²) >= 11 is 0. The van der Waals surface area contributed by atoms with Crippen LogP contribution < -0.4 is 5.32 Å².